The number of hydrogen-bond acceptors (Lipinski definition) is 4. The van der Waals surface area contributed by atoms with Crippen molar-refractivity contribution in [2.24, 2.45) is 5.92 Å². The van der Waals surface area contributed by atoms with Crippen LogP contribution in [-0.4, -0.2) is 40.3 Å². The number of fused-ring (bicyclic) bond motifs is 1. The van der Waals surface area contributed by atoms with E-state index in [2.05, 4.69) is 54.5 Å². The lowest BCUT2D eigenvalue weighted by Gasteiger charge is -2.25. The van der Waals surface area contributed by atoms with Gasteiger partial charge >= 0.3 is 0 Å². The summed E-state index contributed by atoms with van der Waals surface area (Å²) >= 11 is 1.70. The Bertz CT molecular complexity index is 788. The average molecular weight is 384 g/mol. The van der Waals surface area contributed by atoms with Crippen LogP contribution in [0.15, 0.2) is 35.7 Å². The van der Waals surface area contributed by atoms with E-state index >= 15 is 0 Å². The third kappa shape index (κ3) is 3.67. The van der Waals surface area contributed by atoms with E-state index in [1.54, 1.807) is 11.3 Å². The fourth-order valence-electron chi connectivity index (χ4n) is 4.70. The van der Waals surface area contributed by atoms with E-state index in [0.29, 0.717) is 24.5 Å². The first-order valence-electron chi connectivity index (χ1n) is 10.0. The third-order valence-electron chi connectivity index (χ3n) is 6.02. The highest BCUT2D eigenvalue weighted by Crippen LogP contribution is 2.45. The summed E-state index contributed by atoms with van der Waals surface area (Å²) in [6.45, 7) is 6.05. The van der Waals surface area contributed by atoms with Gasteiger partial charge in [-0.05, 0) is 31.4 Å². The molecule has 0 saturated carbocycles. The van der Waals surface area contributed by atoms with Crippen molar-refractivity contribution in [3.05, 3.63) is 52.0 Å². The molecule has 2 aliphatic heterocycles. The zero-order valence-corrected chi connectivity index (χ0v) is 17.3. The molecule has 144 valence electrons. The molecule has 0 unspecified atom stereocenters. The number of carbonyl (C=O) groups is 1. The van der Waals surface area contributed by atoms with Gasteiger partial charge in [0, 0.05) is 30.4 Å². The van der Waals surface area contributed by atoms with E-state index in [-0.39, 0.29) is 11.8 Å². The summed E-state index contributed by atoms with van der Waals surface area (Å²) in [5, 5.41) is 3.25. The Morgan fingerprint density at radius 3 is 2.81 bits per heavy atom. The van der Waals surface area contributed by atoms with E-state index in [9.17, 15) is 4.79 Å². The number of aromatic nitrogens is 1. The molecule has 4 rings (SSSR count). The molecule has 3 atom stereocenters. The molecule has 1 amide bonds. The zero-order chi connectivity index (χ0) is 19.0. The fourth-order valence-corrected chi connectivity index (χ4v) is 5.53. The van der Waals surface area contributed by atoms with Crippen LogP contribution >= 0.6 is 11.3 Å². The second kappa shape index (κ2) is 7.72. The molecule has 0 aliphatic carbocycles. The zero-order valence-electron chi connectivity index (χ0n) is 16.5. The molecule has 1 aromatic heterocycles. The topological polar surface area (TPSA) is 36.4 Å². The molecule has 2 saturated heterocycles. The van der Waals surface area contributed by atoms with Crippen LogP contribution < -0.4 is 0 Å². The van der Waals surface area contributed by atoms with Gasteiger partial charge in [-0.1, -0.05) is 44.2 Å². The predicted molar refractivity (Wildman–Crippen MR) is 110 cm³/mol. The van der Waals surface area contributed by atoms with Gasteiger partial charge in [-0.3, -0.25) is 9.69 Å². The first-order valence-corrected chi connectivity index (χ1v) is 10.9. The molecule has 3 heterocycles. The first-order chi connectivity index (χ1) is 13.0. The van der Waals surface area contributed by atoms with Crippen LogP contribution in [0, 0.1) is 5.92 Å². The van der Waals surface area contributed by atoms with Crippen molar-refractivity contribution >= 4 is 17.2 Å². The largest absolute Gasteiger partial charge is 0.340 e. The van der Waals surface area contributed by atoms with Gasteiger partial charge in [-0.15, -0.1) is 11.3 Å². The standard InChI is InChI=1S/C22H29N3OS/c1-15(2)21-23-17(14-27-21)13-24(3)22(26)18-12-20(16-8-5-4-6-9-16)25-11-7-10-19(18)25/h4-6,8-9,14-15,18-20H,7,10-13H2,1-3H3/t18-,19+,20-/m0/s1. The number of amides is 1. The number of rotatable bonds is 5. The summed E-state index contributed by atoms with van der Waals surface area (Å²) in [6.07, 6.45) is 3.28. The minimum absolute atomic E-state index is 0.103. The van der Waals surface area contributed by atoms with Crippen molar-refractivity contribution in [2.75, 3.05) is 13.6 Å². The summed E-state index contributed by atoms with van der Waals surface area (Å²) in [4.78, 5) is 22.5. The van der Waals surface area contributed by atoms with Crippen LogP contribution in [0.25, 0.3) is 0 Å². The van der Waals surface area contributed by atoms with Gasteiger partial charge in [0.15, 0.2) is 0 Å². The van der Waals surface area contributed by atoms with Gasteiger partial charge in [0.25, 0.3) is 0 Å². The highest BCUT2D eigenvalue weighted by Gasteiger charge is 2.47. The quantitative estimate of drug-likeness (QED) is 0.765. The van der Waals surface area contributed by atoms with Crippen LogP contribution in [0.5, 0.6) is 0 Å². The van der Waals surface area contributed by atoms with Crippen molar-refractivity contribution < 1.29 is 4.79 Å². The van der Waals surface area contributed by atoms with E-state index < -0.39 is 0 Å². The van der Waals surface area contributed by atoms with Gasteiger partial charge in [-0.2, -0.15) is 0 Å². The SMILES string of the molecule is CC(C)c1nc(CN(C)C(=O)[C@H]2C[C@@H](c3ccccc3)N3CCC[C@H]23)cs1. The first kappa shape index (κ1) is 18.6. The van der Waals surface area contributed by atoms with E-state index in [0.717, 1.165) is 30.1 Å². The Kier molecular flexibility index (Phi) is 5.33. The van der Waals surface area contributed by atoms with Gasteiger partial charge in [-0.25, -0.2) is 4.98 Å². The Morgan fingerprint density at radius 2 is 2.11 bits per heavy atom. The number of hydrogen-bond donors (Lipinski definition) is 0. The maximum absolute atomic E-state index is 13.3. The van der Waals surface area contributed by atoms with Crippen LogP contribution in [-0.2, 0) is 11.3 Å². The molecule has 0 spiro atoms. The van der Waals surface area contributed by atoms with Crippen LogP contribution in [0.4, 0.5) is 0 Å². The molecular weight excluding hydrogens is 354 g/mol. The normalized spacial score (nSPS) is 25.1. The maximum atomic E-state index is 13.3. The maximum Gasteiger partial charge on any atom is 0.227 e. The summed E-state index contributed by atoms with van der Waals surface area (Å²) in [7, 11) is 1.94. The molecule has 2 aliphatic rings. The lowest BCUT2D eigenvalue weighted by atomic mass is 9.93. The number of carbonyl (C=O) groups excluding carboxylic acids is 1. The van der Waals surface area contributed by atoms with Gasteiger partial charge < -0.3 is 4.90 Å². The van der Waals surface area contributed by atoms with Gasteiger partial charge in [0.05, 0.1) is 23.2 Å². The molecule has 1 aromatic carbocycles. The van der Waals surface area contributed by atoms with Crippen LogP contribution in [0.1, 0.15) is 61.3 Å². The number of thiazole rings is 1. The van der Waals surface area contributed by atoms with Crippen LogP contribution in [0.3, 0.4) is 0 Å². The van der Waals surface area contributed by atoms with Gasteiger partial charge in [0.1, 0.15) is 0 Å². The smallest absolute Gasteiger partial charge is 0.227 e. The molecule has 2 aromatic rings. The fraction of sp³-hybridized carbons (Fsp3) is 0.545. The average Bonchev–Trinajstić information content (AvgIpc) is 3.38. The minimum Gasteiger partial charge on any atom is -0.340 e. The molecular formula is C22H29N3OS. The van der Waals surface area contributed by atoms with Crippen molar-refractivity contribution in [3.63, 3.8) is 0 Å². The molecule has 4 nitrogen and oxygen atoms in total. The van der Waals surface area contributed by atoms with E-state index in [1.165, 1.54) is 12.0 Å². The molecule has 0 bridgehead atoms. The molecule has 27 heavy (non-hydrogen) atoms. The Hall–Kier alpha value is -1.72. The monoisotopic (exact) mass is 383 g/mol. The molecule has 5 heteroatoms. The minimum atomic E-state index is 0.103. The lowest BCUT2D eigenvalue weighted by Crippen LogP contribution is -2.38. The van der Waals surface area contributed by atoms with Crippen LogP contribution in [0.2, 0.25) is 0 Å². The summed E-state index contributed by atoms with van der Waals surface area (Å²) in [5.41, 5.74) is 2.36. The highest BCUT2D eigenvalue weighted by molar-refractivity contribution is 7.09. The molecule has 2 fully saturated rings. The number of benzene rings is 1. The summed E-state index contributed by atoms with van der Waals surface area (Å²) in [5.74, 6) is 0.827. The van der Waals surface area contributed by atoms with E-state index in [1.807, 2.05) is 11.9 Å². The Morgan fingerprint density at radius 1 is 1.33 bits per heavy atom. The van der Waals surface area contributed by atoms with E-state index in [4.69, 9.17) is 4.98 Å². The van der Waals surface area contributed by atoms with Crippen molar-refractivity contribution in [2.45, 2.75) is 57.7 Å². The highest BCUT2D eigenvalue weighted by atomic mass is 32.1. The van der Waals surface area contributed by atoms with Crippen molar-refractivity contribution in [3.8, 4) is 0 Å². The van der Waals surface area contributed by atoms with Crippen molar-refractivity contribution in [1.82, 2.24) is 14.8 Å². The lowest BCUT2D eigenvalue weighted by molar-refractivity contribution is -0.135. The second-order valence-electron chi connectivity index (χ2n) is 8.24. The third-order valence-corrected chi connectivity index (χ3v) is 7.22. The van der Waals surface area contributed by atoms with Crippen molar-refractivity contribution in [1.29, 1.82) is 0 Å². The summed E-state index contributed by atoms with van der Waals surface area (Å²) < 4.78 is 0. The molecule has 0 N–H and O–H groups in total. The second-order valence-corrected chi connectivity index (χ2v) is 9.13. The predicted octanol–water partition coefficient (Wildman–Crippen LogP) is 4.45. The number of nitrogens with zero attached hydrogens (tertiary/aromatic N) is 3. The Balaban J connectivity index is 1.47. The Labute approximate surface area is 166 Å². The molecule has 0 radical (unpaired) electrons. The van der Waals surface area contributed by atoms with Gasteiger partial charge in [0.2, 0.25) is 5.91 Å². The summed E-state index contributed by atoms with van der Waals surface area (Å²) in [6, 6.07) is 11.5.